The van der Waals surface area contributed by atoms with E-state index in [2.05, 4.69) is 17.0 Å². The summed E-state index contributed by atoms with van der Waals surface area (Å²) in [5, 5.41) is 13.6. The van der Waals surface area contributed by atoms with Crippen molar-refractivity contribution in [3.05, 3.63) is 40.7 Å². The van der Waals surface area contributed by atoms with Gasteiger partial charge in [-0.25, -0.2) is 0 Å². The Bertz CT molecular complexity index is 682. The van der Waals surface area contributed by atoms with Gasteiger partial charge in [-0.2, -0.15) is 5.10 Å². The van der Waals surface area contributed by atoms with Crippen molar-refractivity contribution in [3.63, 3.8) is 0 Å². The zero-order chi connectivity index (χ0) is 17.7. The molecule has 0 saturated heterocycles. The number of aliphatic hydroxyl groups excluding tert-OH is 1. The highest BCUT2D eigenvalue weighted by atomic mass is 16.5. The second kappa shape index (κ2) is 8.17. The van der Waals surface area contributed by atoms with Gasteiger partial charge in [-0.05, 0) is 27.0 Å². The normalized spacial score (nSPS) is 11.1. The van der Waals surface area contributed by atoms with Crippen LogP contribution < -0.4 is 9.47 Å². The molecular formula is C18H27N3O3. The van der Waals surface area contributed by atoms with Gasteiger partial charge in [0.15, 0.2) is 0 Å². The largest absolute Gasteiger partial charge is 0.497 e. The molecule has 0 aliphatic carbocycles. The molecule has 0 atom stereocenters. The first-order valence-corrected chi connectivity index (χ1v) is 8.03. The van der Waals surface area contributed by atoms with Crippen molar-refractivity contribution in [2.75, 3.05) is 27.9 Å². The second-order valence-electron chi connectivity index (χ2n) is 5.95. The Balaban J connectivity index is 2.13. The minimum absolute atomic E-state index is 0.0975. The summed E-state index contributed by atoms with van der Waals surface area (Å²) in [7, 11) is 5.40. The van der Waals surface area contributed by atoms with Crippen LogP contribution in [0.3, 0.4) is 0 Å². The third-order valence-electron chi connectivity index (χ3n) is 4.21. The molecular weight excluding hydrogens is 306 g/mol. The maximum absolute atomic E-state index is 9.13. The molecule has 1 heterocycles. The average Bonchev–Trinajstić information content (AvgIpc) is 2.83. The van der Waals surface area contributed by atoms with Gasteiger partial charge >= 0.3 is 0 Å². The lowest BCUT2D eigenvalue weighted by Gasteiger charge is -2.19. The van der Waals surface area contributed by atoms with E-state index < -0.39 is 0 Å². The maximum atomic E-state index is 9.13. The highest BCUT2D eigenvalue weighted by Gasteiger charge is 2.14. The van der Waals surface area contributed by atoms with Crippen LogP contribution in [0.25, 0.3) is 0 Å². The van der Waals surface area contributed by atoms with Crippen LogP contribution in [0.15, 0.2) is 18.2 Å². The topological polar surface area (TPSA) is 59.8 Å². The molecule has 132 valence electrons. The van der Waals surface area contributed by atoms with E-state index in [1.807, 2.05) is 36.7 Å². The van der Waals surface area contributed by atoms with Gasteiger partial charge in [0.1, 0.15) is 11.5 Å². The third-order valence-corrected chi connectivity index (χ3v) is 4.21. The summed E-state index contributed by atoms with van der Waals surface area (Å²) in [5.74, 6) is 1.61. The molecule has 0 saturated carbocycles. The van der Waals surface area contributed by atoms with Gasteiger partial charge < -0.3 is 14.6 Å². The fraction of sp³-hybridized carbons (Fsp3) is 0.500. The van der Waals surface area contributed by atoms with Crippen molar-refractivity contribution >= 4 is 0 Å². The van der Waals surface area contributed by atoms with E-state index >= 15 is 0 Å². The lowest BCUT2D eigenvalue weighted by atomic mass is 10.1. The highest BCUT2D eigenvalue weighted by molar-refractivity contribution is 5.40. The predicted octanol–water partition coefficient (Wildman–Crippen LogP) is 2.14. The number of aliphatic hydroxyl groups is 1. The number of aromatic nitrogens is 2. The van der Waals surface area contributed by atoms with Crippen molar-refractivity contribution in [1.82, 2.24) is 14.7 Å². The van der Waals surface area contributed by atoms with E-state index in [1.54, 1.807) is 14.2 Å². The molecule has 24 heavy (non-hydrogen) atoms. The van der Waals surface area contributed by atoms with Gasteiger partial charge in [-0.3, -0.25) is 9.58 Å². The summed E-state index contributed by atoms with van der Waals surface area (Å²) in [5.41, 5.74) is 4.43. The molecule has 2 rings (SSSR count). The number of benzene rings is 1. The van der Waals surface area contributed by atoms with Crippen molar-refractivity contribution in [2.45, 2.75) is 33.5 Å². The number of hydrogen-bond donors (Lipinski definition) is 1. The highest BCUT2D eigenvalue weighted by Crippen LogP contribution is 2.26. The number of hydrogen-bond acceptors (Lipinski definition) is 5. The summed E-state index contributed by atoms with van der Waals surface area (Å²) in [6.07, 6.45) is 0. The zero-order valence-corrected chi connectivity index (χ0v) is 15.2. The van der Waals surface area contributed by atoms with Crippen LogP contribution >= 0.6 is 0 Å². The molecule has 0 spiro atoms. The first-order chi connectivity index (χ1) is 11.5. The molecule has 0 unspecified atom stereocenters. The van der Waals surface area contributed by atoms with Gasteiger partial charge in [0, 0.05) is 36.0 Å². The Morgan fingerprint density at radius 2 is 1.92 bits per heavy atom. The fourth-order valence-electron chi connectivity index (χ4n) is 2.87. The second-order valence-corrected chi connectivity index (χ2v) is 5.95. The first kappa shape index (κ1) is 18.3. The van der Waals surface area contributed by atoms with Crippen molar-refractivity contribution in [3.8, 4) is 11.5 Å². The van der Waals surface area contributed by atoms with Crippen molar-refractivity contribution in [1.29, 1.82) is 0 Å². The van der Waals surface area contributed by atoms with Crippen LogP contribution in [0.1, 0.15) is 22.5 Å². The molecule has 2 aromatic rings. The molecule has 0 amide bonds. The molecule has 0 fully saturated rings. The standard InChI is InChI=1S/C18H27N3O3/c1-13-17(14(2)21(19-13)8-9-22)12-20(3)11-15-6-7-16(23-4)10-18(15)24-5/h6-7,10,22H,8-9,11-12H2,1-5H3. The SMILES string of the molecule is COc1ccc(CN(C)Cc2c(C)nn(CCO)c2C)c(OC)c1. The Labute approximate surface area is 143 Å². The fourth-order valence-corrected chi connectivity index (χ4v) is 2.87. The number of ether oxygens (including phenoxy) is 2. The van der Waals surface area contributed by atoms with Crippen molar-refractivity contribution in [2.24, 2.45) is 0 Å². The Morgan fingerprint density at radius 1 is 1.17 bits per heavy atom. The van der Waals surface area contributed by atoms with Crippen LogP contribution in [-0.4, -0.2) is 47.7 Å². The molecule has 1 N–H and O–H groups in total. The van der Waals surface area contributed by atoms with Crippen LogP contribution in [0.5, 0.6) is 11.5 Å². The van der Waals surface area contributed by atoms with Gasteiger partial charge in [0.2, 0.25) is 0 Å². The summed E-state index contributed by atoms with van der Waals surface area (Å²) >= 11 is 0. The minimum atomic E-state index is 0.0975. The number of nitrogens with zero attached hydrogens (tertiary/aromatic N) is 3. The van der Waals surface area contributed by atoms with Gasteiger partial charge in [0.25, 0.3) is 0 Å². The Kier molecular flexibility index (Phi) is 6.23. The molecule has 6 nitrogen and oxygen atoms in total. The zero-order valence-electron chi connectivity index (χ0n) is 15.2. The Morgan fingerprint density at radius 3 is 2.54 bits per heavy atom. The molecule has 0 aliphatic heterocycles. The van der Waals surface area contributed by atoms with E-state index in [-0.39, 0.29) is 6.61 Å². The van der Waals surface area contributed by atoms with Crippen LogP contribution in [0, 0.1) is 13.8 Å². The lowest BCUT2D eigenvalue weighted by Crippen LogP contribution is -2.18. The van der Waals surface area contributed by atoms with E-state index in [9.17, 15) is 0 Å². The molecule has 0 aliphatic rings. The van der Waals surface area contributed by atoms with Crippen LogP contribution in [-0.2, 0) is 19.6 Å². The summed E-state index contributed by atoms with van der Waals surface area (Å²) in [6, 6.07) is 5.88. The monoisotopic (exact) mass is 333 g/mol. The predicted molar refractivity (Wildman–Crippen MR) is 93.5 cm³/mol. The van der Waals surface area contributed by atoms with E-state index in [1.165, 1.54) is 5.56 Å². The van der Waals surface area contributed by atoms with E-state index in [4.69, 9.17) is 14.6 Å². The van der Waals surface area contributed by atoms with Gasteiger partial charge in [-0.15, -0.1) is 0 Å². The molecule has 0 bridgehead atoms. The molecule has 6 heteroatoms. The average molecular weight is 333 g/mol. The summed E-state index contributed by atoms with van der Waals surface area (Å²) < 4.78 is 12.6. The number of methoxy groups -OCH3 is 2. The van der Waals surface area contributed by atoms with Gasteiger partial charge in [-0.1, -0.05) is 6.07 Å². The van der Waals surface area contributed by atoms with Crippen LogP contribution in [0.2, 0.25) is 0 Å². The Hall–Kier alpha value is -2.05. The molecule has 1 aromatic carbocycles. The third kappa shape index (κ3) is 4.07. The number of aryl methyl sites for hydroxylation is 1. The summed E-state index contributed by atoms with van der Waals surface area (Å²) in [4.78, 5) is 2.23. The van der Waals surface area contributed by atoms with Gasteiger partial charge in [0.05, 0.1) is 33.1 Å². The van der Waals surface area contributed by atoms with Crippen molar-refractivity contribution < 1.29 is 14.6 Å². The summed E-state index contributed by atoms with van der Waals surface area (Å²) in [6.45, 7) is 6.24. The lowest BCUT2D eigenvalue weighted by molar-refractivity contribution is 0.267. The molecule has 1 aromatic heterocycles. The first-order valence-electron chi connectivity index (χ1n) is 8.03. The molecule has 0 radical (unpaired) electrons. The maximum Gasteiger partial charge on any atom is 0.127 e. The van der Waals surface area contributed by atoms with E-state index in [0.717, 1.165) is 41.5 Å². The smallest absolute Gasteiger partial charge is 0.127 e. The minimum Gasteiger partial charge on any atom is -0.497 e. The van der Waals surface area contributed by atoms with E-state index in [0.29, 0.717) is 6.54 Å². The number of rotatable bonds is 8. The quantitative estimate of drug-likeness (QED) is 0.802. The van der Waals surface area contributed by atoms with Crippen LogP contribution in [0.4, 0.5) is 0 Å².